The van der Waals surface area contributed by atoms with Crippen LogP contribution in [0.5, 0.6) is 0 Å². The SMILES string of the molecule is CC[C@@H]1C[C@H]1CNC(=O)Cc1cccc(N2CCCC2=O)c1. The molecule has 0 aromatic heterocycles. The number of nitrogens with zero attached hydrogens (tertiary/aromatic N) is 1. The maximum atomic E-state index is 12.0. The minimum atomic E-state index is 0.0756. The van der Waals surface area contributed by atoms with E-state index in [1.165, 1.54) is 12.8 Å². The zero-order valence-electron chi connectivity index (χ0n) is 13.2. The molecule has 1 saturated heterocycles. The molecule has 1 aromatic rings. The van der Waals surface area contributed by atoms with E-state index in [0.29, 0.717) is 18.8 Å². The number of amides is 2. The fraction of sp³-hybridized carbons (Fsp3) is 0.556. The molecule has 0 bridgehead atoms. The van der Waals surface area contributed by atoms with E-state index in [9.17, 15) is 9.59 Å². The molecule has 0 radical (unpaired) electrons. The Kier molecular flexibility index (Phi) is 4.46. The van der Waals surface area contributed by atoms with Crippen molar-refractivity contribution in [3.8, 4) is 0 Å². The largest absolute Gasteiger partial charge is 0.356 e. The molecule has 0 spiro atoms. The quantitative estimate of drug-likeness (QED) is 0.877. The minimum Gasteiger partial charge on any atom is -0.356 e. The Hall–Kier alpha value is -1.84. The molecule has 1 aliphatic carbocycles. The van der Waals surface area contributed by atoms with Crippen LogP contribution in [0.1, 0.15) is 38.2 Å². The van der Waals surface area contributed by atoms with Crippen molar-refractivity contribution in [2.45, 2.75) is 39.0 Å². The molecule has 3 rings (SSSR count). The van der Waals surface area contributed by atoms with E-state index < -0.39 is 0 Å². The average molecular weight is 300 g/mol. The van der Waals surface area contributed by atoms with Gasteiger partial charge in [-0.3, -0.25) is 9.59 Å². The van der Waals surface area contributed by atoms with Crippen LogP contribution in [0.15, 0.2) is 24.3 Å². The van der Waals surface area contributed by atoms with Gasteiger partial charge in [0.1, 0.15) is 0 Å². The number of hydrogen-bond donors (Lipinski definition) is 1. The molecule has 118 valence electrons. The fourth-order valence-electron chi connectivity index (χ4n) is 3.31. The standard InChI is InChI=1S/C18H24N2O2/c1-2-14-11-15(14)12-19-17(21)10-13-5-3-6-16(9-13)20-8-4-7-18(20)22/h3,5-6,9,14-15H,2,4,7-8,10-12H2,1H3,(H,19,21)/t14-,15+/m1/s1. The third kappa shape index (κ3) is 3.49. The highest BCUT2D eigenvalue weighted by Gasteiger charge is 2.34. The molecular formula is C18H24N2O2. The summed E-state index contributed by atoms with van der Waals surface area (Å²) in [6, 6.07) is 7.79. The fourth-order valence-corrected chi connectivity index (χ4v) is 3.31. The van der Waals surface area contributed by atoms with Gasteiger partial charge in [-0.1, -0.05) is 25.5 Å². The summed E-state index contributed by atoms with van der Waals surface area (Å²) < 4.78 is 0. The molecule has 2 atom stereocenters. The third-order valence-electron chi connectivity index (χ3n) is 4.82. The molecule has 0 unspecified atom stereocenters. The molecule has 1 aliphatic heterocycles. The second-order valence-corrected chi connectivity index (χ2v) is 6.46. The van der Waals surface area contributed by atoms with Crippen LogP contribution in [0.3, 0.4) is 0 Å². The smallest absolute Gasteiger partial charge is 0.227 e. The maximum Gasteiger partial charge on any atom is 0.227 e. The van der Waals surface area contributed by atoms with Crippen LogP contribution in [0, 0.1) is 11.8 Å². The summed E-state index contributed by atoms with van der Waals surface area (Å²) in [6.45, 7) is 3.80. The van der Waals surface area contributed by atoms with Crippen molar-refractivity contribution < 1.29 is 9.59 Å². The summed E-state index contributed by atoms with van der Waals surface area (Å²) in [5.74, 6) is 1.75. The van der Waals surface area contributed by atoms with Crippen molar-refractivity contribution in [2.24, 2.45) is 11.8 Å². The van der Waals surface area contributed by atoms with E-state index >= 15 is 0 Å². The van der Waals surface area contributed by atoms with Gasteiger partial charge in [-0.2, -0.15) is 0 Å². The van der Waals surface area contributed by atoms with E-state index in [1.54, 1.807) is 0 Å². The van der Waals surface area contributed by atoms with Gasteiger partial charge in [-0.05, 0) is 42.4 Å². The van der Waals surface area contributed by atoms with Gasteiger partial charge < -0.3 is 10.2 Å². The van der Waals surface area contributed by atoms with Gasteiger partial charge in [-0.25, -0.2) is 0 Å². The highest BCUT2D eigenvalue weighted by Crippen LogP contribution is 2.40. The van der Waals surface area contributed by atoms with Crippen LogP contribution in [0.2, 0.25) is 0 Å². The first-order chi connectivity index (χ1) is 10.7. The van der Waals surface area contributed by atoms with Crippen LogP contribution < -0.4 is 10.2 Å². The van der Waals surface area contributed by atoms with Crippen molar-refractivity contribution in [1.29, 1.82) is 0 Å². The Morgan fingerprint density at radius 1 is 1.36 bits per heavy atom. The Morgan fingerprint density at radius 3 is 2.91 bits per heavy atom. The summed E-state index contributed by atoms with van der Waals surface area (Å²) in [5, 5.41) is 3.04. The van der Waals surface area contributed by atoms with Gasteiger partial charge in [0.25, 0.3) is 0 Å². The first-order valence-electron chi connectivity index (χ1n) is 8.33. The second kappa shape index (κ2) is 6.51. The normalized spacial score (nSPS) is 23.7. The first-order valence-corrected chi connectivity index (χ1v) is 8.33. The second-order valence-electron chi connectivity index (χ2n) is 6.46. The molecule has 2 amide bonds. The van der Waals surface area contributed by atoms with Gasteiger partial charge in [-0.15, -0.1) is 0 Å². The number of nitrogens with one attached hydrogen (secondary N) is 1. The van der Waals surface area contributed by atoms with Crippen LogP contribution in [0.25, 0.3) is 0 Å². The topological polar surface area (TPSA) is 49.4 Å². The van der Waals surface area contributed by atoms with Gasteiger partial charge in [0.05, 0.1) is 6.42 Å². The van der Waals surface area contributed by atoms with Gasteiger partial charge in [0, 0.05) is 25.2 Å². The molecule has 1 aromatic carbocycles. The molecule has 1 saturated carbocycles. The summed E-state index contributed by atoms with van der Waals surface area (Å²) >= 11 is 0. The monoisotopic (exact) mass is 300 g/mol. The average Bonchev–Trinajstić information content (AvgIpc) is 3.16. The molecular weight excluding hydrogens is 276 g/mol. The Labute approximate surface area is 131 Å². The molecule has 1 heterocycles. The van der Waals surface area contributed by atoms with E-state index in [0.717, 1.165) is 36.7 Å². The van der Waals surface area contributed by atoms with Gasteiger partial charge >= 0.3 is 0 Å². The highest BCUT2D eigenvalue weighted by molar-refractivity contribution is 5.95. The molecule has 2 fully saturated rings. The summed E-state index contributed by atoms with van der Waals surface area (Å²) in [6.07, 6.45) is 4.41. The zero-order valence-corrected chi connectivity index (χ0v) is 13.2. The lowest BCUT2D eigenvalue weighted by molar-refractivity contribution is -0.120. The minimum absolute atomic E-state index is 0.0756. The van der Waals surface area contributed by atoms with Crippen molar-refractivity contribution >= 4 is 17.5 Å². The number of carbonyl (C=O) groups is 2. The van der Waals surface area contributed by atoms with Crippen molar-refractivity contribution in [2.75, 3.05) is 18.0 Å². The molecule has 22 heavy (non-hydrogen) atoms. The van der Waals surface area contributed by atoms with Gasteiger partial charge in [0.15, 0.2) is 0 Å². The summed E-state index contributed by atoms with van der Waals surface area (Å²) in [5.41, 5.74) is 1.89. The van der Waals surface area contributed by atoms with E-state index in [-0.39, 0.29) is 11.8 Å². The van der Waals surface area contributed by atoms with Crippen LogP contribution in [-0.2, 0) is 16.0 Å². The Morgan fingerprint density at radius 2 is 2.23 bits per heavy atom. The van der Waals surface area contributed by atoms with Gasteiger partial charge in [0.2, 0.25) is 11.8 Å². The Bertz CT molecular complexity index is 570. The van der Waals surface area contributed by atoms with E-state index in [2.05, 4.69) is 12.2 Å². The van der Waals surface area contributed by atoms with Crippen molar-refractivity contribution in [1.82, 2.24) is 5.32 Å². The Balaban J connectivity index is 1.53. The summed E-state index contributed by atoms with van der Waals surface area (Å²) in [4.78, 5) is 25.7. The van der Waals surface area contributed by atoms with Crippen LogP contribution in [-0.4, -0.2) is 24.9 Å². The number of benzene rings is 1. The lowest BCUT2D eigenvalue weighted by Gasteiger charge is -2.16. The summed E-state index contributed by atoms with van der Waals surface area (Å²) in [7, 11) is 0. The number of anilines is 1. The molecule has 4 nitrogen and oxygen atoms in total. The highest BCUT2D eigenvalue weighted by atomic mass is 16.2. The van der Waals surface area contributed by atoms with Crippen molar-refractivity contribution in [3.63, 3.8) is 0 Å². The maximum absolute atomic E-state index is 12.0. The number of rotatable bonds is 6. The molecule has 1 N–H and O–H groups in total. The van der Waals surface area contributed by atoms with Crippen LogP contribution >= 0.6 is 0 Å². The number of hydrogen-bond acceptors (Lipinski definition) is 2. The number of carbonyl (C=O) groups excluding carboxylic acids is 2. The van der Waals surface area contributed by atoms with E-state index in [4.69, 9.17) is 0 Å². The zero-order chi connectivity index (χ0) is 15.5. The molecule has 2 aliphatic rings. The third-order valence-corrected chi connectivity index (χ3v) is 4.82. The van der Waals surface area contributed by atoms with Crippen LogP contribution in [0.4, 0.5) is 5.69 Å². The predicted octanol–water partition coefficient (Wildman–Crippen LogP) is 2.52. The lowest BCUT2D eigenvalue weighted by Crippen LogP contribution is -2.28. The lowest BCUT2D eigenvalue weighted by atomic mass is 10.1. The first kappa shape index (κ1) is 15.1. The van der Waals surface area contributed by atoms with E-state index in [1.807, 2.05) is 29.2 Å². The predicted molar refractivity (Wildman–Crippen MR) is 86.6 cm³/mol. The van der Waals surface area contributed by atoms with Crippen molar-refractivity contribution in [3.05, 3.63) is 29.8 Å². The molecule has 4 heteroatoms.